The molecule has 1 fully saturated rings. The quantitative estimate of drug-likeness (QED) is 0.688. The molecule has 0 saturated heterocycles. The smallest absolute Gasteiger partial charge is 0.297 e. The number of anilines is 1. The largest absolute Gasteiger partial charge is 0.351 e. The topological polar surface area (TPSA) is 75.4 Å². The third-order valence-electron chi connectivity index (χ3n) is 5.23. The van der Waals surface area contributed by atoms with Gasteiger partial charge in [0.05, 0.1) is 6.20 Å². The van der Waals surface area contributed by atoms with Crippen LogP contribution in [-0.2, 0) is 4.79 Å². The van der Waals surface area contributed by atoms with Gasteiger partial charge in [-0.2, -0.15) is 0 Å². The van der Waals surface area contributed by atoms with Crippen molar-refractivity contribution in [2.24, 2.45) is 0 Å². The lowest BCUT2D eigenvalue weighted by atomic mass is 10.0. The van der Waals surface area contributed by atoms with E-state index in [2.05, 4.69) is 10.5 Å². The lowest BCUT2D eigenvalue weighted by Crippen LogP contribution is -2.46. The van der Waals surface area contributed by atoms with E-state index in [1.165, 1.54) is 17.2 Å². The van der Waals surface area contributed by atoms with Gasteiger partial charge in [0.25, 0.3) is 5.91 Å². The maximum atomic E-state index is 13.4. The molecule has 1 heterocycles. The summed E-state index contributed by atoms with van der Waals surface area (Å²) in [5.74, 6) is -0.521. The van der Waals surface area contributed by atoms with Gasteiger partial charge in [0.15, 0.2) is 0 Å². The van der Waals surface area contributed by atoms with Crippen LogP contribution in [0.2, 0.25) is 0 Å². The zero-order chi connectivity index (χ0) is 20.1. The Morgan fingerprint density at radius 3 is 2.24 bits per heavy atom. The van der Waals surface area contributed by atoms with Gasteiger partial charge in [0.2, 0.25) is 11.7 Å². The van der Waals surface area contributed by atoms with Gasteiger partial charge >= 0.3 is 0 Å². The van der Waals surface area contributed by atoms with Crippen LogP contribution in [0, 0.1) is 0 Å². The van der Waals surface area contributed by atoms with Crippen molar-refractivity contribution in [2.45, 2.75) is 37.8 Å². The summed E-state index contributed by atoms with van der Waals surface area (Å²) >= 11 is 0. The first-order valence-corrected chi connectivity index (χ1v) is 9.88. The fraction of sp³-hybridized carbons (Fsp3) is 0.261. The Labute approximate surface area is 169 Å². The summed E-state index contributed by atoms with van der Waals surface area (Å²) in [5.41, 5.74) is 1.35. The first kappa shape index (κ1) is 18.9. The number of rotatable bonds is 6. The standard InChI is InChI=1S/C23H23N3O3/c27-22(25-18-11-7-8-12-18)21(17-9-3-1-4-10-17)26(19-13-5-2-6-14-19)23(28)20-15-16-24-29-20/h1-6,9-10,13-16,18,21H,7-8,11-12H2,(H,25,27)/t21-/m0/s1. The molecule has 1 atom stereocenters. The van der Waals surface area contributed by atoms with E-state index in [9.17, 15) is 9.59 Å². The summed E-state index contributed by atoms with van der Waals surface area (Å²) in [7, 11) is 0. The van der Waals surface area contributed by atoms with Crippen LogP contribution < -0.4 is 10.2 Å². The molecule has 1 aliphatic rings. The summed E-state index contributed by atoms with van der Waals surface area (Å²) in [6, 6.07) is 19.4. The van der Waals surface area contributed by atoms with Crippen LogP contribution >= 0.6 is 0 Å². The first-order chi connectivity index (χ1) is 14.2. The maximum absolute atomic E-state index is 13.4. The van der Waals surface area contributed by atoms with Crippen LogP contribution in [0.15, 0.2) is 77.4 Å². The molecule has 2 amide bonds. The highest BCUT2D eigenvalue weighted by Gasteiger charge is 2.35. The second-order valence-electron chi connectivity index (χ2n) is 7.19. The number of para-hydroxylation sites is 1. The molecule has 29 heavy (non-hydrogen) atoms. The average Bonchev–Trinajstić information content (AvgIpc) is 3.47. The number of aromatic nitrogens is 1. The number of carbonyl (C=O) groups excluding carboxylic acids is 2. The number of carbonyl (C=O) groups is 2. The van der Waals surface area contributed by atoms with Crippen molar-refractivity contribution in [1.82, 2.24) is 10.5 Å². The molecule has 0 radical (unpaired) electrons. The van der Waals surface area contributed by atoms with E-state index in [4.69, 9.17) is 4.52 Å². The fourth-order valence-corrected chi connectivity index (χ4v) is 3.82. The number of nitrogens with one attached hydrogen (secondary N) is 1. The minimum Gasteiger partial charge on any atom is -0.351 e. The van der Waals surface area contributed by atoms with E-state index in [0.29, 0.717) is 5.69 Å². The predicted octanol–water partition coefficient (Wildman–Crippen LogP) is 4.12. The summed E-state index contributed by atoms with van der Waals surface area (Å²) in [6.45, 7) is 0. The molecule has 0 bridgehead atoms. The summed E-state index contributed by atoms with van der Waals surface area (Å²) < 4.78 is 5.12. The van der Waals surface area contributed by atoms with Gasteiger partial charge in [0, 0.05) is 17.8 Å². The van der Waals surface area contributed by atoms with Crippen molar-refractivity contribution in [3.05, 3.63) is 84.3 Å². The molecule has 6 heteroatoms. The van der Waals surface area contributed by atoms with Gasteiger partial charge in [-0.25, -0.2) is 0 Å². The summed E-state index contributed by atoms with van der Waals surface area (Å²) in [6.07, 6.45) is 5.58. The Morgan fingerprint density at radius 1 is 0.966 bits per heavy atom. The lowest BCUT2D eigenvalue weighted by Gasteiger charge is -2.31. The zero-order valence-electron chi connectivity index (χ0n) is 16.0. The van der Waals surface area contributed by atoms with Gasteiger partial charge in [-0.15, -0.1) is 0 Å². The normalized spacial score (nSPS) is 15.0. The Kier molecular flexibility index (Phi) is 5.70. The van der Waals surface area contributed by atoms with Gasteiger partial charge in [0.1, 0.15) is 6.04 Å². The number of benzene rings is 2. The fourth-order valence-electron chi connectivity index (χ4n) is 3.82. The molecular weight excluding hydrogens is 366 g/mol. The number of nitrogens with zero attached hydrogens (tertiary/aromatic N) is 2. The monoisotopic (exact) mass is 389 g/mol. The Bertz CT molecular complexity index is 936. The zero-order valence-corrected chi connectivity index (χ0v) is 16.0. The Hall–Kier alpha value is -3.41. The Morgan fingerprint density at radius 2 is 1.62 bits per heavy atom. The van der Waals surface area contributed by atoms with Crippen molar-refractivity contribution >= 4 is 17.5 Å². The molecule has 1 N–H and O–H groups in total. The van der Waals surface area contributed by atoms with Crippen LogP contribution in [0.4, 0.5) is 5.69 Å². The van der Waals surface area contributed by atoms with Crippen LogP contribution in [-0.4, -0.2) is 23.0 Å². The second kappa shape index (κ2) is 8.73. The molecule has 4 rings (SSSR count). The highest BCUT2D eigenvalue weighted by molar-refractivity contribution is 6.08. The molecule has 0 aliphatic heterocycles. The van der Waals surface area contributed by atoms with E-state index in [0.717, 1.165) is 31.2 Å². The van der Waals surface area contributed by atoms with Gasteiger partial charge in [-0.05, 0) is 30.5 Å². The number of hydrogen-bond acceptors (Lipinski definition) is 4. The SMILES string of the molecule is O=C(NC1CCCC1)[C@H](c1ccccc1)N(C(=O)c1ccno1)c1ccccc1. The minimum absolute atomic E-state index is 0.0865. The molecule has 1 aliphatic carbocycles. The van der Waals surface area contributed by atoms with Gasteiger partial charge in [-0.3, -0.25) is 14.5 Å². The third kappa shape index (κ3) is 4.21. The average molecular weight is 389 g/mol. The van der Waals surface area contributed by atoms with Gasteiger partial charge < -0.3 is 9.84 Å². The van der Waals surface area contributed by atoms with Crippen LogP contribution in [0.5, 0.6) is 0 Å². The third-order valence-corrected chi connectivity index (χ3v) is 5.23. The van der Waals surface area contributed by atoms with Crippen LogP contribution in [0.3, 0.4) is 0 Å². The molecule has 1 aromatic heterocycles. The Balaban J connectivity index is 1.77. The van der Waals surface area contributed by atoms with E-state index in [1.807, 2.05) is 60.7 Å². The van der Waals surface area contributed by atoms with E-state index >= 15 is 0 Å². The lowest BCUT2D eigenvalue weighted by molar-refractivity contribution is -0.123. The molecule has 0 spiro atoms. The molecule has 3 aromatic rings. The van der Waals surface area contributed by atoms with Crippen molar-refractivity contribution in [1.29, 1.82) is 0 Å². The minimum atomic E-state index is -0.822. The molecule has 6 nitrogen and oxygen atoms in total. The van der Waals surface area contributed by atoms with E-state index in [-0.39, 0.29) is 17.7 Å². The second-order valence-corrected chi connectivity index (χ2v) is 7.19. The van der Waals surface area contributed by atoms with Crippen molar-refractivity contribution in [3.8, 4) is 0 Å². The van der Waals surface area contributed by atoms with Crippen molar-refractivity contribution in [2.75, 3.05) is 4.90 Å². The highest BCUT2D eigenvalue weighted by atomic mass is 16.5. The van der Waals surface area contributed by atoms with E-state index in [1.54, 1.807) is 0 Å². The van der Waals surface area contributed by atoms with Crippen molar-refractivity contribution in [3.63, 3.8) is 0 Å². The van der Waals surface area contributed by atoms with Gasteiger partial charge in [-0.1, -0.05) is 66.5 Å². The van der Waals surface area contributed by atoms with Crippen molar-refractivity contribution < 1.29 is 14.1 Å². The molecule has 148 valence electrons. The number of amides is 2. The molecule has 1 saturated carbocycles. The highest BCUT2D eigenvalue weighted by Crippen LogP contribution is 2.30. The predicted molar refractivity (Wildman–Crippen MR) is 109 cm³/mol. The molecule has 0 unspecified atom stereocenters. The summed E-state index contributed by atoms with van der Waals surface area (Å²) in [5, 5.41) is 6.81. The molecular formula is C23H23N3O3. The molecule has 2 aromatic carbocycles. The van der Waals surface area contributed by atoms with Crippen LogP contribution in [0.25, 0.3) is 0 Å². The van der Waals surface area contributed by atoms with E-state index < -0.39 is 11.9 Å². The van der Waals surface area contributed by atoms with Crippen LogP contribution in [0.1, 0.15) is 47.8 Å². The summed E-state index contributed by atoms with van der Waals surface area (Å²) in [4.78, 5) is 28.3. The first-order valence-electron chi connectivity index (χ1n) is 9.88. The number of hydrogen-bond donors (Lipinski definition) is 1. The maximum Gasteiger partial charge on any atom is 0.297 e.